The van der Waals surface area contributed by atoms with E-state index in [1.54, 1.807) is 0 Å². The summed E-state index contributed by atoms with van der Waals surface area (Å²) in [5, 5.41) is 2.50. The molecule has 0 amide bonds. The van der Waals surface area contributed by atoms with Gasteiger partial charge in [-0.1, -0.05) is 237 Å². The molecule has 0 aliphatic heterocycles. The van der Waals surface area contributed by atoms with E-state index in [0.717, 1.165) is 17.1 Å². The molecule has 0 saturated carbocycles. The van der Waals surface area contributed by atoms with Gasteiger partial charge in [0.2, 0.25) is 0 Å². The predicted octanol–water partition coefficient (Wildman–Crippen LogP) is 17.3. The standard InChI is InChI=1S/C65H45N/c1-6-19-46(20-7-1)48-33-35-49(36-34-48)51-39-43-56(44-40-51)66(55-41-37-50(38-42-55)47-21-8-2-9-22-47)62-32-18-31-61-63(62)60-45-59(52-23-10-3-11-24-52)57-29-16-17-30-58(57)64(60)65(61,53-25-12-4-13-26-53)54-27-14-5-15-28-54/h1-45H. The van der Waals surface area contributed by atoms with Gasteiger partial charge < -0.3 is 4.90 Å². The van der Waals surface area contributed by atoms with Crippen molar-refractivity contribution >= 4 is 27.8 Å². The highest BCUT2D eigenvalue weighted by atomic mass is 15.1. The van der Waals surface area contributed by atoms with Gasteiger partial charge in [0.05, 0.1) is 11.1 Å². The third-order valence-corrected chi connectivity index (χ3v) is 13.6. The molecule has 11 aromatic carbocycles. The van der Waals surface area contributed by atoms with E-state index in [1.807, 2.05) is 0 Å². The normalized spacial score (nSPS) is 12.4. The van der Waals surface area contributed by atoms with E-state index in [-0.39, 0.29) is 0 Å². The number of hydrogen-bond donors (Lipinski definition) is 0. The summed E-state index contributed by atoms with van der Waals surface area (Å²) in [6.07, 6.45) is 0. The maximum absolute atomic E-state index is 2.49. The number of nitrogens with zero attached hydrogens (tertiary/aromatic N) is 1. The number of rotatable bonds is 9. The summed E-state index contributed by atoms with van der Waals surface area (Å²) in [6.45, 7) is 0. The smallest absolute Gasteiger partial charge is 0.0720 e. The largest absolute Gasteiger partial charge is 0.310 e. The molecule has 1 aliphatic rings. The van der Waals surface area contributed by atoms with Crippen LogP contribution in [-0.2, 0) is 5.41 Å². The lowest BCUT2D eigenvalue weighted by molar-refractivity contribution is 0.775. The maximum Gasteiger partial charge on any atom is 0.0720 e. The quantitative estimate of drug-likeness (QED) is 0.140. The fraction of sp³-hybridized carbons (Fsp3) is 0.0154. The second-order valence-corrected chi connectivity index (χ2v) is 17.2. The molecule has 1 nitrogen and oxygen atoms in total. The van der Waals surface area contributed by atoms with Crippen LogP contribution in [0.25, 0.3) is 66.4 Å². The van der Waals surface area contributed by atoms with Crippen LogP contribution in [0.3, 0.4) is 0 Å². The van der Waals surface area contributed by atoms with Crippen molar-refractivity contribution in [2.75, 3.05) is 4.90 Å². The van der Waals surface area contributed by atoms with Crippen LogP contribution < -0.4 is 4.90 Å². The van der Waals surface area contributed by atoms with Gasteiger partial charge in [-0.3, -0.25) is 0 Å². The van der Waals surface area contributed by atoms with Crippen molar-refractivity contribution in [2.45, 2.75) is 5.41 Å². The summed E-state index contributed by atoms with van der Waals surface area (Å²) in [4.78, 5) is 2.48. The summed E-state index contributed by atoms with van der Waals surface area (Å²) in [5.41, 5.74) is 19.8. The Labute approximate surface area is 387 Å². The molecule has 66 heavy (non-hydrogen) atoms. The first kappa shape index (κ1) is 39.1. The zero-order valence-corrected chi connectivity index (χ0v) is 36.4. The third kappa shape index (κ3) is 6.56. The van der Waals surface area contributed by atoms with Gasteiger partial charge in [-0.15, -0.1) is 0 Å². The second-order valence-electron chi connectivity index (χ2n) is 17.2. The highest BCUT2D eigenvalue weighted by Crippen LogP contribution is 2.62. The second kappa shape index (κ2) is 16.6. The highest BCUT2D eigenvalue weighted by Gasteiger charge is 2.49. The molecule has 0 heterocycles. The molecular formula is C65H45N. The summed E-state index contributed by atoms with van der Waals surface area (Å²) < 4.78 is 0. The van der Waals surface area contributed by atoms with Crippen LogP contribution in [0.4, 0.5) is 17.1 Å². The van der Waals surface area contributed by atoms with Gasteiger partial charge in [-0.05, 0) is 119 Å². The molecule has 0 bridgehead atoms. The van der Waals surface area contributed by atoms with Crippen LogP contribution in [0.5, 0.6) is 0 Å². The van der Waals surface area contributed by atoms with Crippen molar-refractivity contribution in [1.82, 2.24) is 0 Å². The van der Waals surface area contributed by atoms with E-state index in [0.29, 0.717) is 0 Å². The molecule has 0 atom stereocenters. The molecule has 310 valence electrons. The molecule has 1 heteroatoms. The van der Waals surface area contributed by atoms with E-state index >= 15 is 0 Å². The maximum atomic E-state index is 2.49. The average molecular weight is 840 g/mol. The lowest BCUT2D eigenvalue weighted by Gasteiger charge is -2.35. The third-order valence-electron chi connectivity index (χ3n) is 13.6. The topological polar surface area (TPSA) is 3.24 Å². The molecule has 0 N–H and O–H groups in total. The zero-order valence-electron chi connectivity index (χ0n) is 36.4. The Morgan fingerprint density at radius 2 is 0.652 bits per heavy atom. The Balaban J connectivity index is 1.12. The highest BCUT2D eigenvalue weighted by molar-refractivity contribution is 6.10. The lowest BCUT2D eigenvalue weighted by atomic mass is 9.66. The molecule has 0 aromatic heterocycles. The van der Waals surface area contributed by atoms with Gasteiger partial charge in [0, 0.05) is 16.9 Å². The predicted molar refractivity (Wildman–Crippen MR) is 278 cm³/mol. The number of anilines is 3. The minimum absolute atomic E-state index is 0.614. The Morgan fingerprint density at radius 3 is 1.12 bits per heavy atom. The van der Waals surface area contributed by atoms with Crippen LogP contribution in [0.1, 0.15) is 22.3 Å². The summed E-state index contributed by atoms with van der Waals surface area (Å²) in [6, 6.07) is 100. The fourth-order valence-electron chi connectivity index (χ4n) is 10.6. The Hall–Kier alpha value is -8.52. The molecule has 0 saturated heterocycles. The minimum Gasteiger partial charge on any atom is -0.310 e. The van der Waals surface area contributed by atoms with Gasteiger partial charge in [-0.2, -0.15) is 0 Å². The lowest BCUT2D eigenvalue weighted by Crippen LogP contribution is -2.29. The first-order valence-electron chi connectivity index (χ1n) is 22.8. The van der Waals surface area contributed by atoms with Gasteiger partial charge in [-0.25, -0.2) is 0 Å². The monoisotopic (exact) mass is 839 g/mol. The minimum atomic E-state index is -0.614. The van der Waals surface area contributed by atoms with Crippen LogP contribution >= 0.6 is 0 Å². The van der Waals surface area contributed by atoms with Crippen LogP contribution in [-0.4, -0.2) is 0 Å². The average Bonchev–Trinajstić information content (AvgIpc) is 3.72. The molecule has 1 aliphatic carbocycles. The van der Waals surface area contributed by atoms with Crippen molar-refractivity contribution in [2.24, 2.45) is 0 Å². The van der Waals surface area contributed by atoms with Crippen molar-refractivity contribution < 1.29 is 0 Å². The van der Waals surface area contributed by atoms with Crippen molar-refractivity contribution in [3.05, 3.63) is 295 Å². The molecular weight excluding hydrogens is 795 g/mol. The van der Waals surface area contributed by atoms with Gasteiger partial charge in [0.15, 0.2) is 0 Å². The molecule has 0 fully saturated rings. The van der Waals surface area contributed by atoms with Gasteiger partial charge >= 0.3 is 0 Å². The molecule has 0 radical (unpaired) electrons. The Bertz CT molecular complexity index is 3410. The molecule has 0 spiro atoms. The molecule has 12 rings (SSSR count). The fourth-order valence-corrected chi connectivity index (χ4v) is 10.6. The van der Waals surface area contributed by atoms with Crippen LogP contribution in [0, 0.1) is 0 Å². The van der Waals surface area contributed by atoms with Crippen molar-refractivity contribution in [3.63, 3.8) is 0 Å². The molecule has 11 aromatic rings. The Kier molecular flexibility index (Phi) is 9.81. The van der Waals surface area contributed by atoms with Crippen molar-refractivity contribution in [3.8, 4) is 55.6 Å². The number of benzene rings is 11. The summed E-state index contributed by atoms with van der Waals surface area (Å²) in [5.74, 6) is 0. The Morgan fingerprint density at radius 1 is 0.273 bits per heavy atom. The first-order valence-corrected chi connectivity index (χ1v) is 22.8. The van der Waals surface area contributed by atoms with E-state index in [2.05, 4.69) is 278 Å². The van der Waals surface area contributed by atoms with E-state index in [1.165, 1.54) is 88.7 Å². The van der Waals surface area contributed by atoms with Crippen molar-refractivity contribution in [1.29, 1.82) is 0 Å². The van der Waals surface area contributed by atoms with E-state index < -0.39 is 5.41 Å². The summed E-state index contributed by atoms with van der Waals surface area (Å²) in [7, 11) is 0. The van der Waals surface area contributed by atoms with Gasteiger partial charge in [0.25, 0.3) is 0 Å². The summed E-state index contributed by atoms with van der Waals surface area (Å²) >= 11 is 0. The number of hydrogen-bond acceptors (Lipinski definition) is 1. The van der Waals surface area contributed by atoms with E-state index in [4.69, 9.17) is 0 Å². The number of fused-ring (bicyclic) bond motifs is 5. The van der Waals surface area contributed by atoms with Gasteiger partial charge in [0.1, 0.15) is 0 Å². The van der Waals surface area contributed by atoms with Crippen LogP contribution in [0.2, 0.25) is 0 Å². The SMILES string of the molecule is c1ccc(-c2ccc(-c3ccc(N(c4ccc(-c5ccccc5)cc4)c4cccc5c4-c4cc(-c6ccccc6)c6ccccc6c4C5(c4ccccc4)c4ccccc4)cc3)cc2)cc1. The zero-order chi connectivity index (χ0) is 43.9. The van der Waals surface area contributed by atoms with E-state index in [9.17, 15) is 0 Å². The first-order chi connectivity index (χ1) is 32.8. The molecule has 0 unspecified atom stereocenters. The van der Waals surface area contributed by atoms with Crippen LogP contribution in [0.15, 0.2) is 273 Å².